The number of aromatic nitrogens is 2. The molecule has 0 spiro atoms. The average molecular weight is 248 g/mol. The number of rotatable bonds is 2. The number of hydrogen-bond acceptors (Lipinski definition) is 2. The first-order valence-corrected chi connectivity index (χ1v) is 5.94. The van der Waals surface area contributed by atoms with E-state index < -0.39 is 11.0 Å². The minimum atomic E-state index is -1.26. The lowest BCUT2D eigenvalue weighted by molar-refractivity contribution is 0.651. The molecular weight excluding hydrogens is 234 g/mol. The lowest BCUT2D eigenvalue weighted by Crippen LogP contribution is -2.19. The van der Waals surface area contributed by atoms with Gasteiger partial charge in [0.25, 0.3) is 0 Å². The summed E-state index contributed by atoms with van der Waals surface area (Å²) in [5, 5.41) is 4.44. The minimum absolute atomic E-state index is 0.356. The Morgan fingerprint density at radius 1 is 1.60 bits per heavy atom. The molecule has 1 heterocycles. The smallest absolute Gasteiger partial charge is 0.144 e. The zero-order valence-corrected chi connectivity index (χ0v) is 10.8. The summed E-state index contributed by atoms with van der Waals surface area (Å²) in [6.45, 7) is 5.60. The van der Waals surface area contributed by atoms with Gasteiger partial charge in [-0.2, -0.15) is 9.50 Å². The SMILES string of the molecule is Cn1ncc(C=N[S@](=O)C(C)(C)C)c1Cl. The third-order valence-corrected chi connectivity index (χ3v) is 3.51. The maximum absolute atomic E-state index is 11.6. The number of aryl methyl sites for hydroxylation is 1. The largest absolute Gasteiger partial charge is 0.256 e. The normalized spacial score (nSPS) is 14.7. The van der Waals surface area contributed by atoms with Crippen molar-refractivity contribution in [3.8, 4) is 0 Å². The van der Waals surface area contributed by atoms with Crippen LogP contribution in [0.2, 0.25) is 5.15 Å². The van der Waals surface area contributed by atoms with Gasteiger partial charge in [0.15, 0.2) is 0 Å². The molecule has 1 rings (SSSR count). The highest BCUT2D eigenvalue weighted by atomic mass is 35.5. The van der Waals surface area contributed by atoms with Crippen LogP contribution in [-0.4, -0.2) is 25.0 Å². The van der Waals surface area contributed by atoms with E-state index in [9.17, 15) is 4.21 Å². The van der Waals surface area contributed by atoms with Crippen LogP contribution in [0, 0.1) is 0 Å². The van der Waals surface area contributed by atoms with Gasteiger partial charge < -0.3 is 0 Å². The summed E-state index contributed by atoms with van der Waals surface area (Å²) < 4.78 is 16.7. The Bertz CT molecular complexity index is 406. The molecule has 1 aromatic heterocycles. The van der Waals surface area contributed by atoms with Crippen LogP contribution in [0.15, 0.2) is 10.6 Å². The number of halogens is 1. The maximum atomic E-state index is 11.6. The molecule has 0 amide bonds. The van der Waals surface area contributed by atoms with E-state index in [2.05, 4.69) is 9.50 Å². The predicted octanol–water partition coefficient (Wildman–Crippen LogP) is 1.95. The first-order valence-electron chi connectivity index (χ1n) is 4.46. The molecule has 84 valence electrons. The summed E-state index contributed by atoms with van der Waals surface area (Å²) in [5.41, 5.74) is 0.678. The molecule has 0 aromatic carbocycles. The van der Waals surface area contributed by atoms with Gasteiger partial charge >= 0.3 is 0 Å². The van der Waals surface area contributed by atoms with Crippen LogP contribution >= 0.6 is 11.6 Å². The van der Waals surface area contributed by atoms with E-state index in [0.717, 1.165) is 0 Å². The van der Waals surface area contributed by atoms with E-state index in [4.69, 9.17) is 11.6 Å². The fourth-order valence-electron chi connectivity index (χ4n) is 0.789. The molecule has 4 nitrogen and oxygen atoms in total. The van der Waals surface area contributed by atoms with Crippen LogP contribution < -0.4 is 0 Å². The summed E-state index contributed by atoms with van der Waals surface area (Å²) in [7, 11) is 0.473. The zero-order chi connectivity index (χ0) is 11.6. The third-order valence-electron chi connectivity index (χ3n) is 1.70. The molecule has 0 bridgehead atoms. The summed E-state index contributed by atoms with van der Waals surface area (Å²) in [5.74, 6) is 0. The van der Waals surface area contributed by atoms with Crippen molar-refractivity contribution in [1.82, 2.24) is 9.78 Å². The van der Waals surface area contributed by atoms with E-state index >= 15 is 0 Å². The number of nitrogens with zero attached hydrogens (tertiary/aromatic N) is 3. The van der Waals surface area contributed by atoms with Crippen molar-refractivity contribution in [3.05, 3.63) is 16.9 Å². The monoisotopic (exact) mass is 247 g/mol. The average Bonchev–Trinajstić information content (AvgIpc) is 2.43. The van der Waals surface area contributed by atoms with Gasteiger partial charge in [0.1, 0.15) is 16.1 Å². The molecule has 0 radical (unpaired) electrons. The van der Waals surface area contributed by atoms with E-state index in [1.807, 2.05) is 20.8 Å². The van der Waals surface area contributed by atoms with E-state index in [-0.39, 0.29) is 4.75 Å². The van der Waals surface area contributed by atoms with E-state index in [1.165, 1.54) is 10.9 Å². The Labute approximate surface area is 96.9 Å². The lowest BCUT2D eigenvalue weighted by atomic mass is 10.3. The van der Waals surface area contributed by atoms with Crippen molar-refractivity contribution < 1.29 is 4.21 Å². The van der Waals surface area contributed by atoms with Crippen LogP contribution in [0.4, 0.5) is 0 Å². The predicted molar refractivity (Wildman–Crippen MR) is 63.7 cm³/mol. The molecular formula is C9H14ClN3OS. The fourth-order valence-corrected chi connectivity index (χ4v) is 1.46. The molecule has 0 saturated heterocycles. The quantitative estimate of drug-likeness (QED) is 0.750. The standard InChI is InChI=1S/C9H14ClN3OS/c1-9(2,3)15(14)12-6-7-5-11-13(4)8(7)10/h5-6H,1-4H3/t15-/m1/s1. The number of hydrogen-bond donors (Lipinski definition) is 0. The second kappa shape index (κ2) is 4.45. The van der Waals surface area contributed by atoms with Crippen LogP contribution in [0.5, 0.6) is 0 Å². The second-order valence-corrected chi connectivity index (χ2v) is 6.40. The van der Waals surface area contributed by atoms with Crippen molar-refractivity contribution in [2.24, 2.45) is 11.4 Å². The second-order valence-electron chi connectivity index (χ2n) is 4.11. The maximum Gasteiger partial charge on any atom is 0.144 e. The molecule has 0 aliphatic carbocycles. The molecule has 0 aliphatic rings. The highest BCUT2D eigenvalue weighted by Gasteiger charge is 2.18. The van der Waals surface area contributed by atoms with Crippen LogP contribution in [-0.2, 0) is 18.0 Å². The lowest BCUT2D eigenvalue weighted by Gasteiger charge is -2.12. The van der Waals surface area contributed by atoms with Gasteiger partial charge in [0.2, 0.25) is 0 Å². The Hall–Kier alpha value is -0.680. The van der Waals surface area contributed by atoms with Gasteiger partial charge in [0, 0.05) is 13.3 Å². The van der Waals surface area contributed by atoms with Gasteiger partial charge in [-0.3, -0.25) is 4.68 Å². The molecule has 1 atom stereocenters. The molecule has 0 unspecified atom stereocenters. The van der Waals surface area contributed by atoms with Gasteiger partial charge in [-0.15, -0.1) is 0 Å². The summed E-state index contributed by atoms with van der Waals surface area (Å²) in [6, 6.07) is 0. The van der Waals surface area contributed by atoms with Crippen molar-refractivity contribution in [1.29, 1.82) is 0 Å². The minimum Gasteiger partial charge on any atom is -0.256 e. The summed E-state index contributed by atoms with van der Waals surface area (Å²) in [6.07, 6.45) is 3.09. The Morgan fingerprint density at radius 3 is 2.60 bits per heavy atom. The van der Waals surface area contributed by atoms with E-state index in [1.54, 1.807) is 13.2 Å². The molecule has 0 aliphatic heterocycles. The molecule has 6 heteroatoms. The third kappa shape index (κ3) is 3.14. The van der Waals surface area contributed by atoms with Crippen LogP contribution in [0.25, 0.3) is 0 Å². The summed E-state index contributed by atoms with van der Waals surface area (Å²) >= 11 is 5.92. The molecule has 0 saturated carbocycles. The van der Waals surface area contributed by atoms with Crippen LogP contribution in [0.1, 0.15) is 26.3 Å². The van der Waals surface area contributed by atoms with Crippen molar-refractivity contribution in [3.63, 3.8) is 0 Å². The summed E-state index contributed by atoms with van der Waals surface area (Å²) in [4.78, 5) is 0. The molecule has 1 aromatic rings. The van der Waals surface area contributed by atoms with Gasteiger partial charge in [-0.25, -0.2) is 4.21 Å². The van der Waals surface area contributed by atoms with Crippen molar-refractivity contribution in [2.45, 2.75) is 25.5 Å². The first-order chi connectivity index (χ1) is 6.82. The van der Waals surface area contributed by atoms with Crippen molar-refractivity contribution in [2.75, 3.05) is 0 Å². The molecule has 0 fully saturated rings. The van der Waals surface area contributed by atoms with Crippen LogP contribution in [0.3, 0.4) is 0 Å². The van der Waals surface area contributed by atoms with Gasteiger partial charge in [-0.1, -0.05) is 11.6 Å². The van der Waals surface area contributed by atoms with Gasteiger partial charge in [0.05, 0.1) is 16.5 Å². The Morgan fingerprint density at radius 2 is 2.20 bits per heavy atom. The highest BCUT2D eigenvalue weighted by molar-refractivity contribution is 7.85. The first kappa shape index (κ1) is 12.4. The van der Waals surface area contributed by atoms with Crippen molar-refractivity contribution >= 4 is 28.8 Å². The molecule has 15 heavy (non-hydrogen) atoms. The van der Waals surface area contributed by atoms with Gasteiger partial charge in [-0.05, 0) is 20.8 Å². The fraction of sp³-hybridized carbons (Fsp3) is 0.556. The highest BCUT2D eigenvalue weighted by Crippen LogP contribution is 2.14. The Balaban J connectivity index is 2.83. The Kier molecular flexibility index (Phi) is 3.67. The molecule has 0 N–H and O–H groups in total. The van der Waals surface area contributed by atoms with E-state index in [0.29, 0.717) is 10.7 Å². The topological polar surface area (TPSA) is 47.2 Å². The zero-order valence-electron chi connectivity index (χ0n) is 9.19.